The highest BCUT2D eigenvalue weighted by Gasteiger charge is 2.45. The van der Waals surface area contributed by atoms with Crippen LogP contribution in [0.25, 0.3) is 10.9 Å². The smallest absolute Gasteiger partial charge is 0.306 e. The van der Waals surface area contributed by atoms with Gasteiger partial charge in [-0.1, -0.05) is 31.5 Å². The van der Waals surface area contributed by atoms with Crippen LogP contribution in [-0.2, 0) is 16.0 Å². The molecule has 2 heterocycles. The number of aromatic nitrogens is 1. The number of benzene rings is 1. The van der Waals surface area contributed by atoms with E-state index >= 15 is 0 Å². The Morgan fingerprint density at radius 1 is 1.32 bits per heavy atom. The molecule has 0 saturated carbocycles. The predicted octanol–water partition coefficient (Wildman–Crippen LogP) is 3.35. The summed E-state index contributed by atoms with van der Waals surface area (Å²) in [5.41, 5.74) is 3.66. The van der Waals surface area contributed by atoms with E-state index in [9.17, 15) is 4.79 Å². The molecule has 3 atom stereocenters. The van der Waals surface area contributed by atoms with Crippen molar-refractivity contribution in [3.8, 4) is 0 Å². The van der Waals surface area contributed by atoms with Gasteiger partial charge in [-0.05, 0) is 24.0 Å². The average molecular weight is 255 g/mol. The highest BCUT2D eigenvalue weighted by atomic mass is 16.6. The molecule has 1 aliphatic heterocycles. The summed E-state index contributed by atoms with van der Waals surface area (Å²) in [6.45, 7) is 2.21. The molecule has 19 heavy (non-hydrogen) atoms. The second-order valence-electron chi connectivity index (χ2n) is 5.71. The molecule has 1 N–H and O–H groups in total. The summed E-state index contributed by atoms with van der Waals surface area (Å²) in [6.07, 6.45) is 2.70. The fraction of sp³-hybridized carbons (Fsp3) is 0.438. The Hall–Kier alpha value is -1.77. The number of fused-ring (bicyclic) bond motifs is 5. The maximum atomic E-state index is 11.7. The molecule has 0 amide bonds. The summed E-state index contributed by atoms with van der Waals surface area (Å²) in [5, 5.41) is 1.29. The van der Waals surface area contributed by atoms with Crippen LogP contribution in [0.5, 0.6) is 0 Å². The highest BCUT2D eigenvalue weighted by molar-refractivity contribution is 5.85. The molecule has 2 aliphatic rings. The first-order valence-corrected chi connectivity index (χ1v) is 7.07. The van der Waals surface area contributed by atoms with Crippen molar-refractivity contribution in [2.45, 2.75) is 32.3 Å². The fourth-order valence-electron chi connectivity index (χ4n) is 3.81. The van der Waals surface area contributed by atoms with Gasteiger partial charge in [0.15, 0.2) is 0 Å². The number of hydrogen-bond acceptors (Lipinski definition) is 2. The molecule has 0 spiro atoms. The molecule has 1 saturated heterocycles. The number of ether oxygens (including phenoxy) is 1. The topological polar surface area (TPSA) is 42.1 Å². The lowest BCUT2D eigenvalue weighted by Gasteiger charge is -2.31. The van der Waals surface area contributed by atoms with Crippen molar-refractivity contribution in [3.05, 3.63) is 35.5 Å². The number of carbonyl (C=O) groups is 1. The van der Waals surface area contributed by atoms with Gasteiger partial charge in [-0.3, -0.25) is 4.79 Å². The van der Waals surface area contributed by atoms with Gasteiger partial charge in [-0.15, -0.1) is 0 Å². The average Bonchev–Trinajstić information content (AvgIpc) is 2.97. The molecular formula is C16H17NO2. The summed E-state index contributed by atoms with van der Waals surface area (Å²) in [6, 6.07) is 8.37. The number of carbonyl (C=O) groups excluding carboxylic acids is 1. The van der Waals surface area contributed by atoms with E-state index in [1.807, 2.05) is 6.07 Å². The zero-order chi connectivity index (χ0) is 13.0. The van der Waals surface area contributed by atoms with Crippen LogP contribution in [-0.4, -0.2) is 11.0 Å². The Kier molecular flexibility index (Phi) is 2.25. The van der Waals surface area contributed by atoms with Crippen LogP contribution in [0, 0.1) is 11.8 Å². The number of rotatable bonds is 1. The van der Waals surface area contributed by atoms with E-state index < -0.39 is 0 Å². The summed E-state index contributed by atoms with van der Waals surface area (Å²) in [5.74, 6) is 0.876. The Morgan fingerprint density at radius 2 is 2.16 bits per heavy atom. The van der Waals surface area contributed by atoms with Gasteiger partial charge in [0, 0.05) is 16.8 Å². The SMILES string of the molecule is CC[C@H]1Cc2c([nH]c3ccccc23)[C@@H]2OC(=O)C[C@H]12. The number of nitrogens with one attached hydrogen (secondary N) is 1. The molecule has 3 heteroatoms. The van der Waals surface area contributed by atoms with Crippen LogP contribution in [0.3, 0.4) is 0 Å². The Bertz CT molecular complexity index is 658. The van der Waals surface area contributed by atoms with Crippen LogP contribution >= 0.6 is 0 Å². The number of aromatic amines is 1. The zero-order valence-corrected chi connectivity index (χ0v) is 11.0. The lowest BCUT2D eigenvalue weighted by molar-refractivity contribution is -0.142. The zero-order valence-electron chi connectivity index (χ0n) is 11.0. The van der Waals surface area contributed by atoms with Crippen molar-refractivity contribution in [1.29, 1.82) is 0 Å². The predicted molar refractivity (Wildman–Crippen MR) is 72.7 cm³/mol. The fourth-order valence-corrected chi connectivity index (χ4v) is 3.81. The third kappa shape index (κ3) is 1.47. The van der Waals surface area contributed by atoms with Crippen LogP contribution in [0.1, 0.15) is 37.1 Å². The van der Waals surface area contributed by atoms with Crippen molar-refractivity contribution >= 4 is 16.9 Å². The molecule has 0 radical (unpaired) electrons. The lowest BCUT2D eigenvalue weighted by Crippen LogP contribution is -2.26. The molecule has 1 aromatic heterocycles. The van der Waals surface area contributed by atoms with Crippen molar-refractivity contribution < 1.29 is 9.53 Å². The normalized spacial score (nSPS) is 29.1. The first kappa shape index (κ1) is 11.1. The van der Waals surface area contributed by atoms with Crippen LogP contribution in [0.2, 0.25) is 0 Å². The van der Waals surface area contributed by atoms with Gasteiger partial charge >= 0.3 is 5.97 Å². The Balaban J connectivity index is 1.92. The molecule has 1 fully saturated rings. The summed E-state index contributed by atoms with van der Waals surface area (Å²) in [4.78, 5) is 15.1. The van der Waals surface area contributed by atoms with Crippen LogP contribution in [0.4, 0.5) is 0 Å². The number of para-hydroxylation sites is 1. The number of H-pyrrole nitrogens is 1. The molecule has 2 aromatic rings. The van der Waals surface area contributed by atoms with Crippen LogP contribution < -0.4 is 0 Å². The van der Waals surface area contributed by atoms with E-state index in [1.165, 1.54) is 10.9 Å². The second kappa shape index (κ2) is 3.86. The molecule has 0 unspecified atom stereocenters. The minimum atomic E-state index is -0.0476. The maximum absolute atomic E-state index is 11.7. The Labute approximate surface area is 112 Å². The van der Waals surface area contributed by atoms with Crippen molar-refractivity contribution in [2.75, 3.05) is 0 Å². The molecule has 0 bridgehead atoms. The molecule has 1 aromatic carbocycles. The van der Waals surface area contributed by atoms with Gasteiger partial charge in [-0.2, -0.15) is 0 Å². The molecule has 3 nitrogen and oxygen atoms in total. The molecular weight excluding hydrogens is 238 g/mol. The summed E-state index contributed by atoms with van der Waals surface area (Å²) in [7, 11) is 0. The third-order valence-corrected chi connectivity index (χ3v) is 4.78. The monoisotopic (exact) mass is 255 g/mol. The lowest BCUT2D eigenvalue weighted by atomic mass is 9.74. The minimum absolute atomic E-state index is 0.0417. The van der Waals surface area contributed by atoms with E-state index in [2.05, 4.69) is 30.1 Å². The Morgan fingerprint density at radius 3 is 3.00 bits per heavy atom. The van der Waals surface area contributed by atoms with Crippen molar-refractivity contribution in [3.63, 3.8) is 0 Å². The first-order chi connectivity index (χ1) is 9.28. The minimum Gasteiger partial charge on any atom is -0.456 e. The molecule has 1 aliphatic carbocycles. The van der Waals surface area contributed by atoms with E-state index in [4.69, 9.17) is 4.74 Å². The van der Waals surface area contributed by atoms with E-state index in [1.54, 1.807) is 0 Å². The van der Waals surface area contributed by atoms with Gasteiger partial charge in [0.2, 0.25) is 0 Å². The van der Waals surface area contributed by atoms with Crippen molar-refractivity contribution in [1.82, 2.24) is 4.98 Å². The largest absolute Gasteiger partial charge is 0.456 e. The van der Waals surface area contributed by atoms with E-state index in [-0.39, 0.29) is 12.1 Å². The van der Waals surface area contributed by atoms with Gasteiger partial charge in [0.25, 0.3) is 0 Å². The standard InChI is InChI=1S/C16H17NO2/c1-2-9-7-12-10-5-3-4-6-13(10)17-15(12)16-11(9)8-14(18)19-16/h3-6,9,11,16-17H,2,7-8H2,1H3/t9-,11+,16+/m0/s1. The van der Waals surface area contributed by atoms with Gasteiger partial charge in [-0.25, -0.2) is 0 Å². The second-order valence-corrected chi connectivity index (χ2v) is 5.71. The quantitative estimate of drug-likeness (QED) is 0.794. The molecule has 4 rings (SSSR count). The van der Waals surface area contributed by atoms with E-state index in [0.717, 1.165) is 24.1 Å². The first-order valence-electron chi connectivity index (χ1n) is 7.07. The summed E-state index contributed by atoms with van der Waals surface area (Å²) >= 11 is 0. The number of hydrogen-bond donors (Lipinski definition) is 1. The molecule has 98 valence electrons. The van der Waals surface area contributed by atoms with Crippen LogP contribution in [0.15, 0.2) is 24.3 Å². The van der Waals surface area contributed by atoms with Crippen molar-refractivity contribution in [2.24, 2.45) is 11.8 Å². The maximum Gasteiger partial charge on any atom is 0.306 e. The third-order valence-electron chi connectivity index (χ3n) is 4.78. The van der Waals surface area contributed by atoms with E-state index in [0.29, 0.717) is 18.3 Å². The van der Waals surface area contributed by atoms with Gasteiger partial charge in [0.1, 0.15) is 6.10 Å². The van der Waals surface area contributed by atoms with Gasteiger partial charge in [0.05, 0.1) is 12.1 Å². The highest BCUT2D eigenvalue weighted by Crippen LogP contribution is 2.48. The number of esters is 1. The summed E-state index contributed by atoms with van der Waals surface area (Å²) < 4.78 is 5.58. The van der Waals surface area contributed by atoms with Gasteiger partial charge < -0.3 is 9.72 Å².